The van der Waals surface area contributed by atoms with E-state index >= 15 is 0 Å². The summed E-state index contributed by atoms with van der Waals surface area (Å²) in [6.45, 7) is 4.74. The number of rotatable bonds is 7. The predicted octanol–water partition coefficient (Wildman–Crippen LogP) is 1.67. The number of guanidine groups is 1. The van der Waals surface area contributed by atoms with Crippen molar-refractivity contribution in [3.05, 3.63) is 47.5 Å². The van der Waals surface area contributed by atoms with Crippen LogP contribution in [0.1, 0.15) is 18.4 Å². The zero-order valence-electron chi connectivity index (χ0n) is 16.8. The number of carbonyl (C=O) groups excluding carboxylic acids is 1. The van der Waals surface area contributed by atoms with Crippen LogP contribution in [-0.2, 0) is 17.8 Å². The van der Waals surface area contributed by atoms with Crippen molar-refractivity contribution in [2.45, 2.75) is 25.8 Å². The van der Waals surface area contributed by atoms with Gasteiger partial charge in [0.1, 0.15) is 12.7 Å². The fraction of sp³-hybridized carbons (Fsp3) is 0.500. The summed E-state index contributed by atoms with van der Waals surface area (Å²) >= 11 is 6.01. The second kappa shape index (κ2) is 10.8. The number of amides is 1. The second-order valence-corrected chi connectivity index (χ2v) is 7.49. The quantitative estimate of drug-likeness (QED) is 0.421. The number of hydrogen-bond donors (Lipinski definition) is 1. The average molecular weight is 418 g/mol. The molecule has 1 aliphatic rings. The van der Waals surface area contributed by atoms with Crippen LogP contribution in [0, 0.1) is 0 Å². The monoisotopic (exact) mass is 417 g/mol. The van der Waals surface area contributed by atoms with E-state index in [1.54, 1.807) is 19.7 Å². The number of nitrogens with zero attached hydrogens (tertiary/aromatic N) is 6. The molecule has 1 aromatic carbocycles. The topological polar surface area (TPSA) is 78.7 Å². The molecule has 2 heterocycles. The number of piperazine rings is 1. The van der Waals surface area contributed by atoms with Gasteiger partial charge in [-0.1, -0.05) is 23.7 Å². The van der Waals surface area contributed by atoms with Gasteiger partial charge in [0.05, 0.1) is 6.42 Å². The summed E-state index contributed by atoms with van der Waals surface area (Å²) in [5.41, 5.74) is 0.953. The molecule has 0 atom stereocenters. The highest BCUT2D eigenvalue weighted by atomic mass is 35.5. The number of aryl methyl sites for hydroxylation is 1. The molecule has 8 nitrogen and oxygen atoms in total. The van der Waals surface area contributed by atoms with Crippen molar-refractivity contribution in [2.24, 2.45) is 4.99 Å². The van der Waals surface area contributed by atoms with Gasteiger partial charge in [-0.05, 0) is 30.5 Å². The number of aliphatic imine (C=N–C) groups is 1. The fourth-order valence-electron chi connectivity index (χ4n) is 3.39. The highest BCUT2D eigenvalue weighted by Crippen LogP contribution is 2.13. The van der Waals surface area contributed by atoms with Crippen LogP contribution in [0.2, 0.25) is 5.02 Å². The zero-order chi connectivity index (χ0) is 20.5. The van der Waals surface area contributed by atoms with Gasteiger partial charge in [0.25, 0.3) is 0 Å². The van der Waals surface area contributed by atoms with Gasteiger partial charge in [-0.2, -0.15) is 0 Å². The molecular weight excluding hydrogens is 390 g/mol. The maximum atomic E-state index is 12.6. The number of unbranched alkanes of at least 4 members (excludes halogenated alkanes) is 1. The van der Waals surface area contributed by atoms with E-state index < -0.39 is 0 Å². The molecule has 1 aliphatic heterocycles. The smallest absolute Gasteiger partial charge is 0.227 e. The molecule has 0 spiro atoms. The van der Waals surface area contributed by atoms with Crippen LogP contribution in [0.5, 0.6) is 0 Å². The van der Waals surface area contributed by atoms with Gasteiger partial charge in [0.2, 0.25) is 5.91 Å². The SMILES string of the molecule is CN=C(NCCCCn1cnnc1)N1CCN(C(=O)Cc2cccc(Cl)c2)CC1. The molecule has 2 aromatic rings. The van der Waals surface area contributed by atoms with Crippen LogP contribution in [0.4, 0.5) is 0 Å². The van der Waals surface area contributed by atoms with E-state index in [1.807, 2.05) is 33.7 Å². The van der Waals surface area contributed by atoms with E-state index in [2.05, 4.69) is 25.4 Å². The number of carbonyl (C=O) groups is 1. The van der Waals surface area contributed by atoms with Gasteiger partial charge < -0.3 is 19.7 Å². The maximum Gasteiger partial charge on any atom is 0.227 e. The molecule has 0 aliphatic carbocycles. The molecule has 1 amide bonds. The minimum absolute atomic E-state index is 0.142. The number of benzene rings is 1. The van der Waals surface area contributed by atoms with E-state index in [0.29, 0.717) is 24.5 Å². The lowest BCUT2D eigenvalue weighted by molar-refractivity contribution is -0.131. The summed E-state index contributed by atoms with van der Waals surface area (Å²) in [5.74, 6) is 1.04. The highest BCUT2D eigenvalue weighted by molar-refractivity contribution is 6.30. The Labute approximate surface area is 176 Å². The number of nitrogens with one attached hydrogen (secondary N) is 1. The minimum Gasteiger partial charge on any atom is -0.356 e. The van der Waals surface area contributed by atoms with Gasteiger partial charge in [-0.25, -0.2) is 0 Å². The molecular formula is C20H28ClN7O. The molecule has 9 heteroatoms. The number of halogens is 1. The van der Waals surface area contributed by atoms with Crippen molar-refractivity contribution >= 4 is 23.5 Å². The van der Waals surface area contributed by atoms with Crippen LogP contribution in [0.25, 0.3) is 0 Å². The summed E-state index contributed by atoms with van der Waals surface area (Å²) in [4.78, 5) is 21.1. The summed E-state index contributed by atoms with van der Waals surface area (Å²) in [6.07, 6.45) is 5.95. The summed E-state index contributed by atoms with van der Waals surface area (Å²) in [5, 5.41) is 11.7. The fourth-order valence-corrected chi connectivity index (χ4v) is 3.60. The van der Waals surface area contributed by atoms with Crippen LogP contribution in [-0.4, -0.2) is 76.2 Å². The van der Waals surface area contributed by atoms with Crippen LogP contribution < -0.4 is 5.32 Å². The lowest BCUT2D eigenvalue weighted by atomic mass is 10.1. The van der Waals surface area contributed by atoms with Crippen molar-refractivity contribution in [3.63, 3.8) is 0 Å². The molecule has 0 unspecified atom stereocenters. The Kier molecular flexibility index (Phi) is 7.86. The van der Waals surface area contributed by atoms with Crippen molar-refractivity contribution in [3.8, 4) is 0 Å². The third-order valence-electron chi connectivity index (χ3n) is 4.98. The molecule has 0 saturated carbocycles. The van der Waals surface area contributed by atoms with Crippen molar-refractivity contribution in [1.29, 1.82) is 0 Å². The molecule has 3 rings (SSSR count). The first kappa shape index (κ1) is 21.1. The number of aromatic nitrogens is 3. The average Bonchev–Trinajstić information content (AvgIpc) is 3.24. The van der Waals surface area contributed by atoms with Gasteiger partial charge >= 0.3 is 0 Å². The maximum absolute atomic E-state index is 12.6. The Morgan fingerprint density at radius 3 is 2.55 bits per heavy atom. The van der Waals surface area contributed by atoms with E-state index in [0.717, 1.165) is 50.5 Å². The first-order valence-electron chi connectivity index (χ1n) is 9.96. The third-order valence-corrected chi connectivity index (χ3v) is 5.22. The van der Waals surface area contributed by atoms with Crippen molar-refractivity contribution in [2.75, 3.05) is 39.8 Å². The Hall–Kier alpha value is -2.61. The highest BCUT2D eigenvalue weighted by Gasteiger charge is 2.23. The molecule has 1 fully saturated rings. The normalized spacial score (nSPS) is 14.9. The van der Waals surface area contributed by atoms with Gasteiger partial charge in [-0.3, -0.25) is 9.79 Å². The van der Waals surface area contributed by atoms with Crippen molar-refractivity contribution < 1.29 is 4.79 Å². The molecule has 1 aromatic heterocycles. The van der Waals surface area contributed by atoms with Gasteiger partial charge in [0, 0.05) is 51.3 Å². The predicted molar refractivity (Wildman–Crippen MR) is 114 cm³/mol. The Morgan fingerprint density at radius 2 is 1.86 bits per heavy atom. The lowest BCUT2D eigenvalue weighted by Gasteiger charge is -2.36. The lowest BCUT2D eigenvalue weighted by Crippen LogP contribution is -2.54. The van der Waals surface area contributed by atoms with E-state index in [4.69, 9.17) is 11.6 Å². The van der Waals surface area contributed by atoms with E-state index in [9.17, 15) is 4.79 Å². The first-order valence-corrected chi connectivity index (χ1v) is 10.3. The van der Waals surface area contributed by atoms with Crippen LogP contribution in [0.3, 0.4) is 0 Å². The van der Waals surface area contributed by atoms with E-state index in [1.165, 1.54) is 0 Å². The summed E-state index contributed by atoms with van der Waals surface area (Å²) < 4.78 is 1.98. The minimum atomic E-state index is 0.142. The molecule has 1 saturated heterocycles. The molecule has 29 heavy (non-hydrogen) atoms. The summed E-state index contributed by atoms with van der Waals surface area (Å²) in [7, 11) is 1.80. The Balaban J connectivity index is 1.37. The first-order chi connectivity index (χ1) is 14.2. The number of hydrogen-bond acceptors (Lipinski definition) is 4. The van der Waals surface area contributed by atoms with Gasteiger partial charge in [0.15, 0.2) is 5.96 Å². The van der Waals surface area contributed by atoms with Crippen LogP contribution in [0.15, 0.2) is 41.9 Å². The van der Waals surface area contributed by atoms with E-state index in [-0.39, 0.29) is 5.91 Å². The molecule has 1 N–H and O–H groups in total. The molecule has 0 bridgehead atoms. The molecule has 0 radical (unpaired) electrons. The van der Waals surface area contributed by atoms with Crippen molar-refractivity contribution in [1.82, 2.24) is 29.9 Å². The Bertz CT molecular complexity index is 801. The Morgan fingerprint density at radius 1 is 1.14 bits per heavy atom. The largest absolute Gasteiger partial charge is 0.356 e. The zero-order valence-corrected chi connectivity index (χ0v) is 17.6. The van der Waals surface area contributed by atoms with Crippen LogP contribution >= 0.6 is 11.6 Å². The second-order valence-electron chi connectivity index (χ2n) is 7.06. The summed E-state index contributed by atoms with van der Waals surface area (Å²) in [6, 6.07) is 7.49. The third kappa shape index (κ3) is 6.45. The standard InChI is InChI=1S/C20H28ClN7O/c1-22-20(23-7-2-3-8-26-15-24-25-16-26)28-11-9-27(10-12-28)19(29)14-17-5-4-6-18(21)13-17/h4-6,13,15-16H,2-3,7-12,14H2,1H3,(H,22,23). The van der Waals surface area contributed by atoms with Gasteiger partial charge in [-0.15, -0.1) is 10.2 Å². The molecule has 156 valence electrons.